The Labute approximate surface area is 169 Å². The normalized spacial score (nSPS) is 14.2. The molecule has 2 aromatic carbocycles. The number of benzene rings is 2. The van der Waals surface area contributed by atoms with E-state index in [9.17, 15) is 4.79 Å². The first-order valence-corrected chi connectivity index (χ1v) is 10.0. The molecule has 0 unspecified atom stereocenters. The number of hydrogen-bond donors (Lipinski definition) is 1. The molecule has 6 nitrogen and oxygen atoms in total. The van der Waals surface area contributed by atoms with Gasteiger partial charge in [0.15, 0.2) is 5.78 Å². The summed E-state index contributed by atoms with van der Waals surface area (Å²) in [6, 6.07) is 16.4. The monoisotopic (exact) mass is 385 g/mol. The Balaban J connectivity index is 1.23. The second-order valence-corrected chi connectivity index (χ2v) is 7.71. The number of aromatic nitrogens is 4. The molecule has 2 aromatic heterocycles. The molecule has 29 heavy (non-hydrogen) atoms. The van der Waals surface area contributed by atoms with Crippen LogP contribution in [0, 0.1) is 0 Å². The Morgan fingerprint density at radius 1 is 0.966 bits per heavy atom. The molecule has 1 saturated heterocycles. The fraction of sp³-hybridized carbons (Fsp3) is 0.261. The zero-order valence-corrected chi connectivity index (χ0v) is 16.2. The van der Waals surface area contributed by atoms with Gasteiger partial charge in [0.05, 0.1) is 18.3 Å². The summed E-state index contributed by atoms with van der Waals surface area (Å²) in [6.45, 7) is 4.16. The molecule has 1 aliphatic rings. The highest BCUT2D eigenvalue weighted by Gasteiger charge is 2.16. The lowest BCUT2D eigenvalue weighted by molar-refractivity contribution is 0.0989. The number of fused-ring (bicyclic) bond motifs is 1. The average Bonchev–Trinajstić information content (AvgIpc) is 3.33. The second kappa shape index (κ2) is 7.64. The molecule has 1 N–H and O–H groups in total. The number of ketones is 1. The summed E-state index contributed by atoms with van der Waals surface area (Å²) in [5.41, 5.74) is 4.83. The third-order valence-electron chi connectivity index (χ3n) is 5.51. The number of para-hydroxylation sites is 1. The van der Waals surface area contributed by atoms with Crippen LogP contribution in [0.3, 0.4) is 0 Å². The van der Waals surface area contributed by atoms with Crippen molar-refractivity contribution in [2.24, 2.45) is 0 Å². The van der Waals surface area contributed by atoms with E-state index in [4.69, 9.17) is 0 Å². The van der Waals surface area contributed by atoms with Gasteiger partial charge >= 0.3 is 0 Å². The average molecular weight is 385 g/mol. The SMILES string of the molecule is O=C(Cc1cnn(Cc2ccc(CN3CCC3)cc2)c1)c1n[nH]c2ccccc12. The van der Waals surface area contributed by atoms with Crippen molar-refractivity contribution in [3.05, 3.63) is 83.3 Å². The van der Waals surface area contributed by atoms with E-state index in [0.717, 1.165) is 23.0 Å². The first kappa shape index (κ1) is 17.8. The third-order valence-corrected chi connectivity index (χ3v) is 5.51. The topological polar surface area (TPSA) is 66.8 Å². The van der Waals surface area contributed by atoms with Crippen molar-refractivity contribution >= 4 is 16.7 Å². The predicted octanol–water partition coefficient (Wildman–Crippen LogP) is 3.44. The molecule has 1 fully saturated rings. The maximum atomic E-state index is 12.7. The largest absolute Gasteiger partial charge is 0.299 e. The Morgan fingerprint density at radius 3 is 2.48 bits per heavy atom. The summed E-state index contributed by atoms with van der Waals surface area (Å²) >= 11 is 0. The number of nitrogens with zero attached hydrogens (tertiary/aromatic N) is 4. The van der Waals surface area contributed by atoms with E-state index in [2.05, 4.69) is 44.5 Å². The standard InChI is InChI=1S/C23H23N5O/c29-22(23-20-4-1-2-5-21(20)25-26-23)12-19-13-24-28(16-19)15-18-8-6-17(7-9-18)14-27-10-3-11-27/h1-2,4-9,13,16H,3,10-12,14-15H2,(H,25,26). The van der Waals surface area contributed by atoms with Crippen molar-refractivity contribution in [3.8, 4) is 0 Å². The van der Waals surface area contributed by atoms with Crippen LogP contribution >= 0.6 is 0 Å². The molecule has 3 heterocycles. The molecule has 0 radical (unpaired) electrons. The maximum absolute atomic E-state index is 12.7. The van der Waals surface area contributed by atoms with Crippen molar-refractivity contribution in [2.75, 3.05) is 13.1 Å². The van der Waals surface area contributed by atoms with Crippen molar-refractivity contribution < 1.29 is 4.79 Å². The van der Waals surface area contributed by atoms with Crippen LogP contribution in [0.2, 0.25) is 0 Å². The van der Waals surface area contributed by atoms with Gasteiger partial charge < -0.3 is 0 Å². The Morgan fingerprint density at radius 2 is 1.72 bits per heavy atom. The highest BCUT2D eigenvalue weighted by molar-refractivity contribution is 6.06. The van der Waals surface area contributed by atoms with Crippen LogP contribution in [0.5, 0.6) is 0 Å². The van der Waals surface area contributed by atoms with E-state index < -0.39 is 0 Å². The number of likely N-dealkylation sites (tertiary alicyclic amines) is 1. The van der Waals surface area contributed by atoms with Gasteiger partial charge in [-0.2, -0.15) is 10.2 Å². The summed E-state index contributed by atoms with van der Waals surface area (Å²) in [5, 5.41) is 12.4. The second-order valence-electron chi connectivity index (χ2n) is 7.71. The maximum Gasteiger partial charge on any atom is 0.188 e. The van der Waals surface area contributed by atoms with E-state index in [-0.39, 0.29) is 5.78 Å². The van der Waals surface area contributed by atoms with Crippen molar-refractivity contribution in [2.45, 2.75) is 25.9 Å². The molecule has 4 aromatic rings. The molecular formula is C23H23N5O. The fourth-order valence-corrected chi connectivity index (χ4v) is 3.76. The number of rotatable bonds is 7. The van der Waals surface area contributed by atoms with Crippen LogP contribution in [-0.4, -0.2) is 43.8 Å². The lowest BCUT2D eigenvalue weighted by Crippen LogP contribution is -2.36. The molecule has 0 aliphatic carbocycles. The lowest BCUT2D eigenvalue weighted by atomic mass is 10.1. The van der Waals surface area contributed by atoms with Gasteiger partial charge in [0.2, 0.25) is 0 Å². The van der Waals surface area contributed by atoms with E-state index in [1.165, 1.54) is 30.6 Å². The first-order chi connectivity index (χ1) is 14.2. The van der Waals surface area contributed by atoms with E-state index >= 15 is 0 Å². The summed E-state index contributed by atoms with van der Waals surface area (Å²) in [6.07, 6.45) is 5.33. The van der Waals surface area contributed by atoms with E-state index in [1.54, 1.807) is 6.20 Å². The highest BCUT2D eigenvalue weighted by atomic mass is 16.1. The van der Waals surface area contributed by atoms with Gasteiger partial charge in [-0.1, -0.05) is 42.5 Å². The van der Waals surface area contributed by atoms with Crippen LogP contribution in [0.15, 0.2) is 60.9 Å². The minimum Gasteiger partial charge on any atom is -0.299 e. The molecule has 0 atom stereocenters. The van der Waals surface area contributed by atoms with Gasteiger partial charge in [-0.3, -0.25) is 19.5 Å². The summed E-state index contributed by atoms with van der Waals surface area (Å²) in [4.78, 5) is 15.1. The number of H-pyrrole nitrogens is 1. The third kappa shape index (κ3) is 3.84. The summed E-state index contributed by atoms with van der Waals surface area (Å²) in [5.74, 6) is -0.00246. The van der Waals surface area contributed by atoms with Crippen LogP contribution in [0.1, 0.15) is 33.6 Å². The van der Waals surface area contributed by atoms with Crippen molar-refractivity contribution in [3.63, 3.8) is 0 Å². The molecule has 6 heteroatoms. The molecule has 146 valence electrons. The van der Waals surface area contributed by atoms with Crippen LogP contribution in [0.25, 0.3) is 10.9 Å². The smallest absolute Gasteiger partial charge is 0.188 e. The van der Waals surface area contributed by atoms with Gasteiger partial charge in [0, 0.05) is 24.5 Å². The van der Waals surface area contributed by atoms with Crippen LogP contribution in [-0.2, 0) is 19.5 Å². The number of aromatic amines is 1. The zero-order chi connectivity index (χ0) is 19.6. The van der Waals surface area contributed by atoms with E-state index in [0.29, 0.717) is 18.7 Å². The predicted molar refractivity (Wildman–Crippen MR) is 112 cm³/mol. The summed E-state index contributed by atoms with van der Waals surface area (Å²) < 4.78 is 1.88. The van der Waals surface area contributed by atoms with Gasteiger partial charge in [0.25, 0.3) is 0 Å². The number of Topliss-reactive ketones (excluding diaryl/α,β-unsaturated/α-hetero) is 1. The first-order valence-electron chi connectivity index (χ1n) is 10.0. The lowest BCUT2D eigenvalue weighted by Gasteiger charge is -2.30. The van der Waals surface area contributed by atoms with Gasteiger partial charge in [-0.05, 0) is 42.3 Å². The van der Waals surface area contributed by atoms with Crippen molar-refractivity contribution in [1.82, 2.24) is 24.9 Å². The molecule has 0 bridgehead atoms. The number of hydrogen-bond acceptors (Lipinski definition) is 4. The summed E-state index contributed by atoms with van der Waals surface area (Å²) in [7, 11) is 0. The number of nitrogens with one attached hydrogen (secondary N) is 1. The van der Waals surface area contributed by atoms with Crippen LogP contribution in [0.4, 0.5) is 0 Å². The quantitative estimate of drug-likeness (QED) is 0.495. The molecule has 0 spiro atoms. The van der Waals surface area contributed by atoms with Gasteiger partial charge in [0.1, 0.15) is 5.69 Å². The minimum atomic E-state index is -0.00246. The molecule has 1 aliphatic heterocycles. The molecular weight excluding hydrogens is 362 g/mol. The number of carbonyl (C=O) groups is 1. The van der Waals surface area contributed by atoms with Crippen molar-refractivity contribution in [1.29, 1.82) is 0 Å². The Kier molecular flexibility index (Phi) is 4.69. The van der Waals surface area contributed by atoms with Gasteiger partial charge in [-0.15, -0.1) is 0 Å². The fourth-order valence-electron chi connectivity index (χ4n) is 3.76. The zero-order valence-electron chi connectivity index (χ0n) is 16.2. The van der Waals surface area contributed by atoms with E-state index in [1.807, 2.05) is 35.1 Å². The van der Waals surface area contributed by atoms with Crippen LogP contribution < -0.4 is 0 Å². The Hall–Kier alpha value is -3.25. The Bertz CT molecular complexity index is 1140. The number of carbonyl (C=O) groups excluding carboxylic acids is 1. The minimum absolute atomic E-state index is 0.00246. The molecule has 0 amide bonds. The highest BCUT2D eigenvalue weighted by Crippen LogP contribution is 2.17. The molecule has 0 saturated carbocycles. The van der Waals surface area contributed by atoms with Gasteiger partial charge in [-0.25, -0.2) is 0 Å². The molecule has 5 rings (SSSR count).